The maximum atomic E-state index is 10.8. The van der Waals surface area contributed by atoms with E-state index in [4.69, 9.17) is 0 Å². The molecule has 0 saturated carbocycles. The Kier molecular flexibility index (Phi) is 7.54. The maximum absolute atomic E-state index is 10.8. The molecule has 3 aromatic rings. The Balaban J connectivity index is 1.58. The molecule has 1 heterocycles. The molecule has 0 bridgehead atoms. The fourth-order valence-electron chi connectivity index (χ4n) is 2.86. The number of guanidine groups is 1. The molecule has 0 saturated heterocycles. The minimum absolute atomic E-state index is 0.331. The van der Waals surface area contributed by atoms with Crippen LogP contribution in [0.4, 0.5) is 0 Å². The normalized spacial score (nSPS) is 13.7. The molecule has 1 aromatic heterocycles. The molecule has 0 aliphatic rings. The zero-order valence-electron chi connectivity index (χ0n) is 17.7. The van der Waals surface area contributed by atoms with Crippen molar-refractivity contribution in [2.24, 2.45) is 12.0 Å². The quantitative estimate of drug-likeness (QED) is 0.382. The number of hydrogen-bond acceptors (Lipinski definition) is 4. The summed E-state index contributed by atoms with van der Waals surface area (Å²) in [6.45, 7) is 5.42. The number of benzene rings is 2. The van der Waals surface area contributed by atoms with Gasteiger partial charge in [0.2, 0.25) is 0 Å². The molecule has 1 atom stereocenters. The van der Waals surface area contributed by atoms with E-state index in [2.05, 4.69) is 57.1 Å². The molecule has 2 aromatic carbocycles. The minimum Gasteiger partial charge on any atom is -0.383 e. The Morgan fingerprint density at radius 3 is 2.43 bits per heavy atom. The second-order valence-corrected chi connectivity index (χ2v) is 8.43. The number of aliphatic hydroxyl groups is 1. The summed E-state index contributed by atoms with van der Waals surface area (Å²) in [7, 11) is 1.84. The third-order valence-corrected chi connectivity index (χ3v) is 5.61. The summed E-state index contributed by atoms with van der Waals surface area (Å²) in [6.07, 6.45) is 3.50. The second-order valence-electron chi connectivity index (χ2n) is 7.28. The number of aliphatic imine (C=N–C) groups is 1. The minimum atomic E-state index is -1.04. The summed E-state index contributed by atoms with van der Waals surface area (Å²) in [6, 6.07) is 18.8. The zero-order valence-corrected chi connectivity index (χ0v) is 18.5. The van der Waals surface area contributed by atoms with Crippen LogP contribution in [0.5, 0.6) is 0 Å². The van der Waals surface area contributed by atoms with Gasteiger partial charge in [-0.05, 0) is 43.7 Å². The molecule has 0 fully saturated rings. The lowest BCUT2D eigenvalue weighted by Gasteiger charge is -2.23. The Labute approximate surface area is 182 Å². The summed E-state index contributed by atoms with van der Waals surface area (Å²) < 4.78 is 1.68. The molecule has 0 spiro atoms. The molecule has 3 N–H and O–H groups in total. The third-order valence-electron chi connectivity index (χ3n) is 4.59. The SMILES string of the molecule is CCNC(=NCc1ccc(Sc2ccccc2)cc1)NCC(C)(O)c1cnn(C)c1. The van der Waals surface area contributed by atoms with E-state index >= 15 is 0 Å². The molecule has 0 amide bonds. The van der Waals surface area contributed by atoms with Crippen LogP contribution in [0.25, 0.3) is 0 Å². The van der Waals surface area contributed by atoms with Crippen LogP contribution < -0.4 is 10.6 Å². The van der Waals surface area contributed by atoms with Crippen molar-refractivity contribution >= 4 is 17.7 Å². The Bertz CT molecular complexity index is 951. The highest BCUT2D eigenvalue weighted by atomic mass is 32.2. The standard InChI is InChI=1S/C23H29N5OS/c1-4-24-22(26-17-23(2,29)19-15-27-28(3)16-19)25-14-18-10-12-21(13-11-18)30-20-8-6-5-7-9-20/h5-13,15-16,29H,4,14,17H2,1-3H3,(H2,24,25,26). The molecular weight excluding hydrogens is 394 g/mol. The first-order chi connectivity index (χ1) is 14.5. The van der Waals surface area contributed by atoms with Crippen molar-refractivity contribution in [3.63, 3.8) is 0 Å². The van der Waals surface area contributed by atoms with Crippen molar-refractivity contribution in [1.29, 1.82) is 0 Å². The van der Waals surface area contributed by atoms with E-state index in [-0.39, 0.29) is 0 Å². The van der Waals surface area contributed by atoms with E-state index in [0.717, 1.165) is 17.7 Å². The summed E-state index contributed by atoms with van der Waals surface area (Å²) in [4.78, 5) is 7.08. The summed E-state index contributed by atoms with van der Waals surface area (Å²) >= 11 is 1.74. The third kappa shape index (κ3) is 6.37. The highest BCUT2D eigenvalue weighted by Crippen LogP contribution is 2.27. The lowest BCUT2D eigenvalue weighted by atomic mass is 10.00. The highest BCUT2D eigenvalue weighted by Gasteiger charge is 2.24. The summed E-state index contributed by atoms with van der Waals surface area (Å²) in [5.41, 5.74) is 0.851. The van der Waals surface area contributed by atoms with E-state index in [9.17, 15) is 5.11 Å². The first-order valence-electron chi connectivity index (χ1n) is 10.0. The Hall–Kier alpha value is -2.77. The Morgan fingerprint density at radius 2 is 1.80 bits per heavy atom. The summed E-state index contributed by atoms with van der Waals surface area (Å²) in [5, 5.41) is 21.3. The van der Waals surface area contributed by atoms with Crippen molar-refractivity contribution < 1.29 is 5.11 Å². The van der Waals surface area contributed by atoms with Gasteiger partial charge in [0.1, 0.15) is 5.60 Å². The average Bonchev–Trinajstić information content (AvgIpc) is 3.19. The average molecular weight is 424 g/mol. The van der Waals surface area contributed by atoms with Crippen LogP contribution in [0.2, 0.25) is 0 Å². The number of aromatic nitrogens is 2. The number of nitrogens with one attached hydrogen (secondary N) is 2. The van der Waals surface area contributed by atoms with Crippen molar-refractivity contribution in [3.8, 4) is 0 Å². The van der Waals surface area contributed by atoms with Gasteiger partial charge in [-0.2, -0.15) is 5.10 Å². The van der Waals surface area contributed by atoms with E-state index in [1.54, 1.807) is 29.6 Å². The van der Waals surface area contributed by atoms with Gasteiger partial charge in [0.05, 0.1) is 19.3 Å². The van der Waals surface area contributed by atoms with Crippen LogP contribution in [0.1, 0.15) is 25.0 Å². The molecule has 0 radical (unpaired) electrons. The smallest absolute Gasteiger partial charge is 0.191 e. The fraction of sp³-hybridized carbons (Fsp3) is 0.304. The van der Waals surface area contributed by atoms with Crippen LogP contribution in [0.3, 0.4) is 0 Å². The van der Waals surface area contributed by atoms with Gasteiger partial charge in [0.25, 0.3) is 0 Å². The first-order valence-corrected chi connectivity index (χ1v) is 10.8. The van der Waals surface area contributed by atoms with Crippen LogP contribution in [-0.2, 0) is 19.2 Å². The van der Waals surface area contributed by atoms with Crippen molar-refractivity contribution in [3.05, 3.63) is 78.1 Å². The first kappa shape index (κ1) is 21.9. The number of rotatable bonds is 8. The number of aryl methyl sites for hydroxylation is 1. The van der Waals surface area contributed by atoms with Crippen LogP contribution in [0.15, 0.2) is 81.8 Å². The monoisotopic (exact) mass is 423 g/mol. The van der Waals surface area contributed by atoms with Crippen molar-refractivity contribution in [2.75, 3.05) is 13.1 Å². The van der Waals surface area contributed by atoms with E-state index in [0.29, 0.717) is 19.0 Å². The van der Waals surface area contributed by atoms with Crippen LogP contribution in [0, 0.1) is 0 Å². The lowest BCUT2D eigenvalue weighted by Crippen LogP contribution is -2.44. The molecule has 30 heavy (non-hydrogen) atoms. The molecule has 1 unspecified atom stereocenters. The van der Waals surface area contributed by atoms with Crippen molar-refractivity contribution in [1.82, 2.24) is 20.4 Å². The zero-order chi connectivity index (χ0) is 21.4. The van der Waals surface area contributed by atoms with Gasteiger partial charge in [0, 0.05) is 35.1 Å². The predicted molar refractivity (Wildman–Crippen MR) is 123 cm³/mol. The molecule has 7 heteroatoms. The van der Waals surface area contributed by atoms with Crippen LogP contribution >= 0.6 is 11.8 Å². The molecule has 3 rings (SSSR count). The van der Waals surface area contributed by atoms with Gasteiger partial charge in [-0.25, -0.2) is 4.99 Å². The Morgan fingerprint density at radius 1 is 1.10 bits per heavy atom. The van der Waals surface area contributed by atoms with Gasteiger partial charge >= 0.3 is 0 Å². The number of hydrogen-bond donors (Lipinski definition) is 3. The second kappa shape index (κ2) is 10.3. The van der Waals surface area contributed by atoms with Gasteiger partial charge < -0.3 is 15.7 Å². The molecule has 0 aliphatic heterocycles. The summed E-state index contributed by atoms with van der Waals surface area (Å²) in [5.74, 6) is 0.671. The van der Waals surface area contributed by atoms with Crippen LogP contribution in [-0.4, -0.2) is 33.9 Å². The topological polar surface area (TPSA) is 74.5 Å². The van der Waals surface area contributed by atoms with E-state index in [1.165, 1.54) is 9.79 Å². The molecular formula is C23H29N5OS. The van der Waals surface area contributed by atoms with E-state index in [1.807, 2.05) is 38.4 Å². The van der Waals surface area contributed by atoms with E-state index < -0.39 is 5.60 Å². The van der Waals surface area contributed by atoms with Gasteiger partial charge in [0.15, 0.2) is 5.96 Å². The van der Waals surface area contributed by atoms with Gasteiger partial charge in [-0.15, -0.1) is 0 Å². The predicted octanol–water partition coefficient (Wildman–Crippen LogP) is 3.53. The highest BCUT2D eigenvalue weighted by molar-refractivity contribution is 7.99. The van der Waals surface area contributed by atoms with Gasteiger partial charge in [-0.1, -0.05) is 42.1 Å². The largest absolute Gasteiger partial charge is 0.383 e. The molecule has 158 valence electrons. The number of nitrogens with zero attached hydrogens (tertiary/aromatic N) is 3. The molecule has 6 nitrogen and oxygen atoms in total. The fourth-order valence-corrected chi connectivity index (χ4v) is 3.69. The van der Waals surface area contributed by atoms with Crippen molar-refractivity contribution in [2.45, 2.75) is 35.8 Å². The maximum Gasteiger partial charge on any atom is 0.191 e. The molecule has 0 aliphatic carbocycles. The lowest BCUT2D eigenvalue weighted by molar-refractivity contribution is 0.0616. The van der Waals surface area contributed by atoms with Gasteiger partial charge in [-0.3, -0.25) is 4.68 Å².